The van der Waals surface area contributed by atoms with Gasteiger partial charge in [-0.2, -0.15) is 5.10 Å². The molecule has 2 aromatic rings. The summed E-state index contributed by atoms with van der Waals surface area (Å²) < 4.78 is 7.59. The maximum absolute atomic E-state index is 6.12. The first kappa shape index (κ1) is 14.2. The Morgan fingerprint density at radius 1 is 1.37 bits per heavy atom. The molecule has 4 nitrogen and oxygen atoms in total. The molecule has 0 bridgehead atoms. The van der Waals surface area contributed by atoms with Crippen LogP contribution in [0.4, 0.5) is 0 Å². The predicted octanol–water partition coefficient (Wildman–Crippen LogP) is 3.19. The Morgan fingerprint density at radius 3 is 2.68 bits per heavy atom. The molecule has 2 rings (SSSR count). The Kier molecular flexibility index (Phi) is 4.34. The van der Waals surface area contributed by atoms with E-state index in [9.17, 15) is 0 Å². The minimum absolute atomic E-state index is 0.209. The van der Waals surface area contributed by atoms with E-state index < -0.39 is 0 Å². The van der Waals surface area contributed by atoms with Gasteiger partial charge in [0.15, 0.2) is 0 Å². The van der Waals surface area contributed by atoms with Gasteiger partial charge in [-0.3, -0.25) is 4.68 Å². The van der Waals surface area contributed by atoms with Gasteiger partial charge in [-0.1, -0.05) is 29.3 Å². The number of nitrogens with zero attached hydrogens (tertiary/aromatic N) is 2. The van der Waals surface area contributed by atoms with Crippen LogP contribution in [0, 0.1) is 0 Å². The van der Waals surface area contributed by atoms with Gasteiger partial charge >= 0.3 is 0 Å². The lowest BCUT2D eigenvalue weighted by Gasteiger charge is -2.22. The van der Waals surface area contributed by atoms with Crippen LogP contribution in [0.2, 0.25) is 10.0 Å². The fourth-order valence-corrected chi connectivity index (χ4v) is 2.11. The zero-order chi connectivity index (χ0) is 14.0. The summed E-state index contributed by atoms with van der Waals surface area (Å²) in [6.07, 6.45) is 3.27. The van der Waals surface area contributed by atoms with Crippen LogP contribution in [0.25, 0.3) is 0 Å². The molecule has 2 N–H and O–H groups in total. The zero-order valence-electron chi connectivity index (χ0n) is 10.7. The number of ether oxygens (including phenoxy) is 1. The average molecular weight is 300 g/mol. The second kappa shape index (κ2) is 5.82. The lowest BCUT2D eigenvalue weighted by atomic mass is 10.1. The van der Waals surface area contributed by atoms with Crippen molar-refractivity contribution in [3.63, 3.8) is 0 Å². The van der Waals surface area contributed by atoms with Crippen LogP contribution < -0.4 is 10.5 Å². The molecule has 0 aliphatic heterocycles. The molecule has 1 aromatic carbocycles. The smallest absolute Gasteiger partial charge is 0.142 e. The van der Waals surface area contributed by atoms with E-state index in [4.69, 9.17) is 33.7 Å². The Bertz CT molecular complexity index is 569. The number of aromatic nitrogens is 2. The molecule has 6 heteroatoms. The van der Waals surface area contributed by atoms with Crippen molar-refractivity contribution in [3.05, 3.63) is 46.2 Å². The van der Waals surface area contributed by atoms with E-state index in [-0.39, 0.29) is 12.1 Å². The van der Waals surface area contributed by atoms with Gasteiger partial charge in [0.05, 0.1) is 11.2 Å². The van der Waals surface area contributed by atoms with Crippen molar-refractivity contribution in [2.75, 3.05) is 0 Å². The number of halogens is 2. The lowest BCUT2D eigenvalue weighted by molar-refractivity contribution is 0.180. The van der Waals surface area contributed by atoms with E-state index in [1.54, 1.807) is 29.1 Å². The topological polar surface area (TPSA) is 53.1 Å². The second-order valence-corrected chi connectivity index (χ2v) is 5.18. The molecule has 1 heterocycles. The highest BCUT2D eigenvalue weighted by Gasteiger charge is 2.21. The zero-order valence-corrected chi connectivity index (χ0v) is 12.2. The van der Waals surface area contributed by atoms with E-state index in [1.165, 1.54) is 0 Å². The van der Waals surface area contributed by atoms with Crippen molar-refractivity contribution in [2.24, 2.45) is 12.8 Å². The summed E-state index contributed by atoms with van der Waals surface area (Å²) in [7, 11) is 1.84. The highest BCUT2D eigenvalue weighted by Crippen LogP contribution is 2.34. The molecule has 0 aliphatic carbocycles. The van der Waals surface area contributed by atoms with E-state index in [0.29, 0.717) is 15.8 Å². The van der Waals surface area contributed by atoms with Gasteiger partial charge in [0.2, 0.25) is 0 Å². The summed E-state index contributed by atoms with van der Waals surface area (Å²) in [6, 6.07) is 5.05. The van der Waals surface area contributed by atoms with E-state index in [0.717, 1.165) is 5.56 Å². The highest BCUT2D eigenvalue weighted by molar-refractivity contribution is 6.42. The molecular weight excluding hydrogens is 285 g/mol. The lowest BCUT2D eigenvalue weighted by Crippen LogP contribution is -2.28. The first-order chi connectivity index (χ1) is 8.99. The molecule has 1 aromatic heterocycles. The fourth-order valence-electron chi connectivity index (χ4n) is 1.78. The molecule has 2 atom stereocenters. The van der Waals surface area contributed by atoms with Crippen LogP contribution in [-0.4, -0.2) is 15.8 Å². The predicted molar refractivity (Wildman–Crippen MR) is 76.7 cm³/mol. The molecule has 0 amide bonds. The minimum atomic E-state index is -0.329. The number of nitrogens with two attached hydrogens (primary N) is 1. The van der Waals surface area contributed by atoms with Gasteiger partial charge in [-0.05, 0) is 19.1 Å². The summed E-state index contributed by atoms with van der Waals surface area (Å²) >= 11 is 12.1. The maximum Gasteiger partial charge on any atom is 0.142 e. The Labute approximate surface area is 122 Å². The van der Waals surface area contributed by atoms with E-state index in [2.05, 4.69) is 5.10 Å². The summed E-state index contributed by atoms with van der Waals surface area (Å²) in [4.78, 5) is 0. The van der Waals surface area contributed by atoms with Crippen molar-refractivity contribution in [3.8, 4) is 5.75 Å². The largest absolute Gasteiger partial charge is 0.482 e. The number of hydrogen-bond acceptors (Lipinski definition) is 3. The Morgan fingerprint density at radius 2 is 2.11 bits per heavy atom. The molecular formula is C13H15Cl2N3O. The van der Waals surface area contributed by atoms with Gasteiger partial charge in [-0.25, -0.2) is 0 Å². The van der Waals surface area contributed by atoms with Crippen LogP contribution in [-0.2, 0) is 7.05 Å². The molecule has 0 saturated carbocycles. The van der Waals surface area contributed by atoms with E-state index in [1.807, 2.05) is 20.2 Å². The minimum Gasteiger partial charge on any atom is -0.482 e. The summed E-state index contributed by atoms with van der Waals surface area (Å²) in [5.74, 6) is 0.514. The Balaban J connectivity index is 2.29. The van der Waals surface area contributed by atoms with Crippen LogP contribution >= 0.6 is 23.2 Å². The van der Waals surface area contributed by atoms with Gasteiger partial charge in [0.25, 0.3) is 0 Å². The molecule has 0 spiro atoms. The molecule has 102 valence electrons. The van der Waals surface area contributed by atoms with Crippen LogP contribution in [0.1, 0.15) is 18.6 Å². The van der Waals surface area contributed by atoms with Gasteiger partial charge < -0.3 is 10.5 Å². The van der Waals surface area contributed by atoms with Crippen molar-refractivity contribution in [2.45, 2.75) is 19.1 Å². The van der Waals surface area contributed by atoms with Crippen LogP contribution in [0.5, 0.6) is 5.75 Å². The number of hydrogen-bond donors (Lipinski definition) is 1. The third-order valence-electron chi connectivity index (χ3n) is 2.70. The first-order valence-corrected chi connectivity index (χ1v) is 6.59. The van der Waals surface area contributed by atoms with Crippen molar-refractivity contribution in [1.82, 2.24) is 9.78 Å². The van der Waals surface area contributed by atoms with Gasteiger partial charge in [-0.15, -0.1) is 0 Å². The van der Waals surface area contributed by atoms with Crippen LogP contribution in [0.3, 0.4) is 0 Å². The average Bonchev–Trinajstić information content (AvgIpc) is 2.77. The number of benzene rings is 1. The fraction of sp³-hybridized carbons (Fsp3) is 0.308. The van der Waals surface area contributed by atoms with Gasteiger partial charge in [0, 0.05) is 24.8 Å². The standard InChI is InChI=1S/C13H15Cl2N3O/c1-8(16)13(9-6-17-18(2)7-9)19-11-5-3-4-10(14)12(11)15/h3-8,13H,16H2,1-2H3. The Hall–Kier alpha value is -1.23. The third-order valence-corrected chi connectivity index (χ3v) is 3.50. The summed E-state index contributed by atoms with van der Waals surface area (Å²) in [5.41, 5.74) is 6.87. The van der Waals surface area contributed by atoms with Crippen LogP contribution in [0.15, 0.2) is 30.6 Å². The number of aryl methyl sites for hydroxylation is 1. The van der Waals surface area contributed by atoms with Crippen molar-refractivity contribution in [1.29, 1.82) is 0 Å². The molecule has 19 heavy (non-hydrogen) atoms. The van der Waals surface area contributed by atoms with Crippen molar-refractivity contribution >= 4 is 23.2 Å². The molecule has 0 fully saturated rings. The first-order valence-electron chi connectivity index (χ1n) is 5.84. The SMILES string of the molecule is CC(N)C(Oc1cccc(Cl)c1Cl)c1cnn(C)c1. The van der Waals surface area contributed by atoms with Crippen molar-refractivity contribution < 1.29 is 4.74 Å². The highest BCUT2D eigenvalue weighted by atomic mass is 35.5. The second-order valence-electron chi connectivity index (χ2n) is 4.40. The third kappa shape index (κ3) is 3.21. The molecule has 0 radical (unpaired) electrons. The van der Waals surface area contributed by atoms with Gasteiger partial charge in [0.1, 0.15) is 16.9 Å². The molecule has 2 unspecified atom stereocenters. The molecule has 0 aliphatic rings. The summed E-state index contributed by atoms with van der Waals surface area (Å²) in [5, 5.41) is 4.96. The molecule has 0 saturated heterocycles. The van der Waals surface area contributed by atoms with E-state index >= 15 is 0 Å². The normalized spacial score (nSPS) is 14.2. The quantitative estimate of drug-likeness (QED) is 0.943. The monoisotopic (exact) mass is 299 g/mol. The summed E-state index contributed by atoms with van der Waals surface area (Å²) in [6.45, 7) is 1.87. The maximum atomic E-state index is 6.12. The number of rotatable bonds is 4.